The summed E-state index contributed by atoms with van der Waals surface area (Å²) >= 11 is 5.47. The second kappa shape index (κ2) is 12.0. The van der Waals surface area contributed by atoms with Gasteiger partial charge in [-0.25, -0.2) is 0 Å². The second-order valence-electron chi connectivity index (χ2n) is 8.81. The summed E-state index contributed by atoms with van der Waals surface area (Å²) in [7, 11) is 0. The van der Waals surface area contributed by atoms with E-state index in [1.165, 1.54) is 19.3 Å². The molecule has 0 aliphatic rings. The normalized spacial score (nSPS) is 12.4. The van der Waals surface area contributed by atoms with Gasteiger partial charge in [0, 0.05) is 5.92 Å². The molecule has 3 aromatic rings. The number of rotatable bonds is 12. The van der Waals surface area contributed by atoms with Crippen LogP contribution in [-0.4, -0.2) is 15.3 Å². The van der Waals surface area contributed by atoms with Gasteiger partial charge in [-0.15, -0.1) is 0 Å². The molecule has 0 bridgehead atoms. The SMILES string of the molecule is CCCCCCCc1c(O)cccc1C(c1ccccc1)(c1ccccc1)C(CC)C(O)=S. The van der Waals surface area contributed by atoms with Gasteiger partial charge in [0.1, 0.15) is 5.75 Å². The van der Waals surface area contributed by atoms with Gasteiger partial charge in [-0.3, -0.25) is 0 Å². The van der Waals surface area contributed by atoms with Crippen LogP contribution >= 0.6 is 12.2 Å². The summed E-state index contributed by atoms with van der Waals surface area (Å²) in [6, 6.07) is 26.4. The summed E-state index contributed by atoms with van der Waals surface area (Å²) in [5.41, 5.74) is 3.41. The lowest BCUT2D eigenvalue weighted by Crippen LogP contribution is -2.42. The molecule has 3 heteroatoms. The highest BCUT2D eigenvalue weighted by atomic mass is 32.1. The molecule has 0 saturated carbocycles. The standard InChI is InChI=1S/C30H36O2S/c1-3-5-6-7-14-20-25-27(21-15-22-28(25)31)30(26(4-2)29(32)33,23-16-10-8-11-17-23)24-18-12-9-13-19-24/h8-13,15-19,21-22,26,31H,3-7,14,20H2,1-2H3,(H,32,33). The van der Waals surface area contributed by atoms with Gasteiger partial charge in [0.05, 0.1) is 5.41 Å². The molecule has 3 rings (SSSR count). The lowest BCUT2D eigenvalue weighted by molar-refractivity contribution is 0.392. The number of hydrogen-bond acceptors (Lipinski definition) is 2. The minimum atomic E-state index is -0.708. The predicted molar refractivity (Wildman–Crippen MR) is 142 cm³/mol. The summed E-state index contributed by atoms with van der Waals surface area (Å²) in [5, 5.41) is 21.9. The van der Waals surface area contributed by atoms with Crippen LogP contribution in [0.3, 0.4) is 0 Å². The van der Waals surface area contributed by atoms with Gasteiger partial charge in [0.15, 0.2) is 5.05 Å². The monoisotopic (exact) mass is 460 g/mol. The third kappa shape index (κ3) is 5.30. The molecule has 0 heterocycles. The third-order valence-corrected chi connectivity index (χ3v) is 7.08. The Kier molecular flexibility index (Phi) is 9.08. The van der Waals surface area contributed by atoms with Gasteiger partial charge in [-0.2, -0.15) is 0 Å². The van der Waals surface area contributed by atoms with Crippen molar-refractivity contribution in [3.63, 3.8) is 0 Å². The van der Waals surface area contributed by atoms with E-state index < -0.39 is 5.41 Å². The van der Waals surface area contributed by atoms with E-state index in [2.05, 4.69) is 44.2 Å². The maximum absolute atomic E-state index is 11.0. The van der Waals surface area contributed by atoms with Crippen molar-refractivity contribution >= 4 is 17.3 Å². The van der Waals surface area contributed by atoms with Crippen molar-refractivity contribution < 1.29 is 10.2 Å². The first-order chi connectivity index (χ1) is 16.1. The first kappa shape index (κ1) is 25.0. The second-order valence-corrected chi connectivity index (χ2v) is 9.22. The van der Waals surface area contributed by atoms with Crippen molar-refractivity contribution in [1.82, 2.24) is 0 Å². The molecule has 0 aliphatic carbocycles. The quantitative estimate of drug-likeness (QED) is 0.163. The molecule has 1 atom stereocenters. The summed E-state index contributed by atoms with van der Waals surface area (Å²) in [6.07, 6.45) is 7.28. The molecule has 2 nitrogen and oxygen atoms in total. The van der Waals surface area contributed by atoms with Crippen LogP contribution in [0.15, 0.2) is 78.9 Å². The molecule has 0 amide bonds. The molecular weight excluding hydrogens is 424 g/mol. The zero-order chi connectivity index (χ0) is 23.7. The fraction of sp³-hybridized carbons (Fsp3) is 0.367. The highest BCUT2D eigenvalue weighted by Crippen LogP contribution is 2.49. The van der Waals surface area contributed by atoms with Gasteiger partial charge in [0.25, 0.3) is 0 Å². The van der Waals surface area contributed by atoms with Crippen LogP contribution in [0.4, 0.5) is 0 Å². The number of hydrogen-bond donors (Lipinski definition) is 2. The zero-order valence-corrected chi connectivity index (χ0v) is 20.7. The Morgan fingerprint density at radius 1 is 0.788 bits per heavy atom. The molecule has 33 heavy (non-hydrogen) atoms. The molecule has 1 unspecified atom stereocenters. The molecule has 0 radical (unpaired) electrons. The van der Waals surface area contributed by atoms with Gasteiger partial charge in [-0.05, 0) is 59.8 Å². The van der Waals surface area contributed by atoms with Crippen molar-refractivity contribution in [3.05, 3.63) is 101 Å². The Morgan fingerprint density at radius 2 is 1.36 bits per heavy atom. The topological polar surface area (TPSA) is 40.5 Å². The Balaban J connectivity index is 2.29. The maximum Gasteiger partial charge on any atom is 0.161 e. The van der Waals surface area contributed by atoms with Crippen molar-refractivity contribution in [2.75, 3.05) is 0 Å². The molecular formula is C30H36O2S. The fourth-order valence-corrected chi connectivity index (χ4v) is 5.59. The number of phenolic OH excluding ortho intramolecular Hbond substituents is 1. The number of aliphatic hydroxyl groups excluding tert-OH is 1. The molecule has 0 spiro atoms. The number of phenols is 1. The average Bonchev–Trinajstić information content (AvgIpc) is 2.84. The lowest BCUT2D eigenvalue weighted by atomic mass is 9.60. The van der Waals surface area contributed by atoms with Crippen LogP contribution in [0.2, 0.25) is 0 Å². The highest BCUT2D eigenvalue weighted by molar-refractivity contribution is 7.80. The van der Waals surface area contributed by atoms with Gasteiger partial charge >= 0.3 is 0 Å². The Bertz CT molecular complexity index is 974. The van der Waals surface area contributed by atoms with Crippen molar-refractivity contribution in [1.29, 1.82) is 0 Å². The van der Waals surface area contributed by atoms with E-state index in [9.17, 15) is 10.2 Å². The molecule has 0 fully saturated rings. The number of aromatic hydroxyl groups is 1. The van der Waals surface area contributed by atoms with E-state index in [0.29, 0.717) is 12.2 Å². The van der Waals surface area contributed by atoms with Crippen LogP contribution in [0.5, 0.6) is 5.75 Å². The smallest absolute Gasteiger partial charge is 0.161 e. The van der Waals surface area contributed by atoms with E-state index in [-0.39, 0.29) is 11.0 Å². The predicted octanol–water partition coefficient (Wildman–Crippen LogP) is 8.15. The number of benzene rings is 3. The molecule has 0 aromatic heterocycles. The minimum Gasteiger partial charge on any atom is -0.508 e. The van der Waals surface area contributed by atoms with Crippen LogP contribution in [-0.2, 0) is 11.8 Å². The molecule has 3 aromatic carbocycles. The first-order valence-electron chi connectivity index (χ1n) is 12.2. The van der Waals surface area contributed by atoms with E-state index in [1.807, 2.05) is 42.5 Å². The fourth-order valence-electron chi connectivity index (χ4n) is 5.25. The van der Waals surface area contributed by atoms with E-state index in [4.69, 9.17) is 12.2 Å². The molecule has 0 aliphatic heterocycles. The molecule has 174 valence electrons. The number of unbranched alkanes of at least 4 members (excludes halogenated alkanes) is 4. The van der Waals surface area contributed by atoms with Crippen molar-refractivity contribution in [2.24, 2.45) is 5.92 Å². The lowest BCUT2D eigenvalue weighted by Gasteiger charge is -2.43. The van der Waals surface area contributed by atoms with Crippen LogP contribution in [0.1, 0.15) is 74.6 Å². The summed E-state index contributed by atoms with van der Waals surface area (Å²) in [4.78, 5) is 0. The van der Waals surface area contributed by atoms with Gasteiger partial charge in [0.2, 0.25) is 0 Å². The van der Waals surface area contributed by atoms with Gasteiger partial charge in [-0.1, -0.05) is 112 Å². The maximum atomic E-state index is 11.0. The Hall–Kier alpha value is -2.65. The van der Waals surface area contributed by atoms with Crippen LogP contribution in [0.25, 0.3) is 0 Å². The van der Waals surface area contributed by atoms with Crippen molar-refractivity contribution in [2.45, 2.75) is 64.2 Å². The van der Waals surface area contributed by atoms with Gasteiger partial charge < -0.3 is 10.2 Å². The summed E-state index contributed by atoms with van der Waals surface area (Å²) in [5.74, 6) is -0.00381. The van der Waals surface area contributed by atoms with Crippen molar-refractivity contribution in [3.8, 4) is 5.75 Å². The molecule has 0 saturated heterocycles. The zero-order valence-electron chi connectivity index (χ0n) is 19.8. The minimum absolute atomic E-state index is 0.00226. The Labute approximate surface area is 204 Å². The van der Waals surface area contributed by atoms with Crippen LogP contribution in [0, 0.1) is 5.92 Å². The summed E-state index contributed by atoms with van der Waals surface area (Å²) in [6.45, 7) is 4.29. The summed E-state index contributed by atoms with van der Waals surface area (Å²) < 4.78 is 0. The average molecular weight is 461 g/mol. The van der Waals surface area contributed by atoms with E-state index in [0.717, 1.165) is 41.5 Å². The van der Waals surface area contributed by atoms with E-state index >= 15 is 0 Å². The number of aliphatic hydroxyl groups is 1. The first-order valence-corrected chi connectivity index (χ1v) is 12.6. The Morgan fingerprint density at radius 3 is 1.88 bits per heavy atom. The number of thiocarbonyl (C=S) groups is 1. The van der Waals surface area contributed by atoms with Crippen LogP contribution < -0.4 is 0 Å². The largest absolute Gasteiger partial charge is 0.508 e. The van der Waals surface area contributed by atoms with E-state index in [1.54, 1.807) is 6.07 Å². The third-order valence-electron chi connectivity index (χ3n) is 6.79. The molecule has 2 N–H and O–H groups in total. The highest BCUT2D eigenvalue weighted by Gasteiger charge is 2.46.